The summed E-state index contributed by atoms with van der Waals surface area (Å²) in [6.07, 6.45) is 3.90. The van der Waals surface area contributed by atoms with Gasteiger partial charge in [0, 0.05) is 37.1 Å². The number of hydrogen-bond donors (Lipinski definition) is 2. The monoisotopic (exact) mass is 345 g/mol. The smallest absolute Gasteiger partial charge is 0.317 e. The number of nitrogens with one attached hydrogen (secondary N) is 1. The lowest BCUT2D eigenvalue weighted by molar-refractivity contribution is 0.153. The summed E-state index contributed by atoms with van der Waals surface area (Å²) in [5.41, 5.74) is 7.30. The first kappa shape index (κ1) is 19.1. The van der Waals surface area contributed by atoms with Gasteiger partial charge in [0.05, 0.1) is 0 Å². The molecule has 4 nitrogen and oxygen atoms in total. The molecule has 0 bridgehead atoms. The Labute approximate surface area is 143 Å². The summed E-state index contributed by atoms with van der Waals surface area (Å²) >= 11 is 6.12. The summed E-state index contributed by atoms with van der Waals surface area (Å²) in [5, 5.41) is 3.44. The third-order valence-corrected chi connectivity index (χ3v) is 5.06. The predicted octanol–water partition coefficient (Wildman–Crippen LogP) is 3.17. The topological polar surface area (TPSA) is 58.4 Å². The van der Waals surface area contributed by atoms with Crippen LogP contribution in [0.1, 0.15) is 31.2 Å². The number of carbonyl (C=O) groups excluding carboxylic acids is 1. The van der Waals surface area contributed by atoms with Crippen molar-refractivity contribution >= 4 is 30.0 Å². The molecule has 1 saturated carbocycles. The molecule has 1 fully saturated rings. The van der Waals surface area contributed by atoms with E-state index in [1.165, 1.54) is 5.56 Å². The minimum absolute atomic E-state index is 0. The highest BCUT2D eigenvalue weighted by molar-refractivity contribution is 6.30. The molecule has 0 aromatic heterocycles. The number of hydrogen-bond acceptors (Lipinski definition) is 2. The molecule has 1 aromatic carbocycles. The van der Waals surface area contributed by atoms with Crippen molar-refractivity contribution in [2.24, 2.45) is 5.73 Å². The van der Waals surface area contributed by atoms with Crippen molar-refractivity contribution in [3.63, 3.8) is 0 Å². The van der Waals surface area contributed by atoms with Crippen LogP contribution in [-0.2, 0) is 5.41 Å². The number of carbonyl (C=O) groups is 1. The lowest BCUT2D eigenvalue weighted by atomic mass is 9.68. The number of rotatable bonds is 3. The Morgan fingerprint density at radius 1 is 1.45 bits per heavy atom. The molecule has 6 heteroatoms. The average molecular weight is 346 g/mol. The Hall–Kier alpha value is -0.970. The maximum Gasteiger partial charge on any atom is 0.317 e. The van der Waals surface area contributed by atoms with E-state index in [0.717, 1.165) is 30.7 Å². The molecule has 2 amide bonds. The van der Waals surface area contributed by atoms with Crippen molar-refractivity contribution in [3.8, 4) is 0 Å². The molecule has 1 aliphatic carbocycles. The van der Waals surface area contributed by atoms with Gasteiger partial charge in [-0.15, -0.1) is 12.4 Å². The molecule has 0 atom stereocenters. The minimum atomic E-state index is -0.0250. The van der Waals surface area contributed by atoms with Gasteiger partial charge in [0.25, 0.3) is 0 Å². The zero-order valence-electron chi connectivity index (χ0n) is 13.1. The van der Waals surface area contributed by atoms with E-state index in [1.807, 2.05) is 25.2 Å². The largest absolute Gasteiger partial charge is 0.341 e. The van der Waals surface area contributed by atoms with Crippen molar-refractivity contribution < 1.29 is 4.79 Å². The quantitative estimate of drug-likeness (QED) is 0.883. The first-order valence-electron chi connectivity index (χ1n) is 7.43. The number of amides is 2. The van der Waals surface area contributed by atoms with Crippen molar-refractivity contribution in [3.05, 3.63) is 34.9 Å². The Balaban J connectivity index is 0.00000242. The van der Waals surface area contributed by atoms with E-state index in [9.17, 15) is 4.79 Å². The Kier molecular flexibility index (Phi) is 6.98. The molecular weight excluding hydrogens is 321 g/mol. The fourth-order valence-corrected chi connectivity index (χ4v) is 3.50. The Morgan fingerprint density at radius 2 is 2.09 bits per heavy atom. The van der Waals surface area contributed by atoms with Crippen LogP contribution in [0.3, 0.4) is 0 Å². The van der Waals surface area contributed by atoms with E-state index in [1.54, 1.807) is 11.9 Å². The summed E-state index contributed by atoms with van der Waals surface area (Å²) < 4.78 is 0. The maximum absolute atomic E-state index is 11.7. The molecule has 22 heavy (non-hydrogen) atoms. The molecule has 3 N–H and O–H groups in total. The van der Waals surface area contributed by atoms with Gasteiger partial charge in [0.2, 0.25) is 0 Å². The number of nitrogens with two attached hydrogens (primary N) is 1. The molecule has 0 unspecified atom stereocenters. The van der Waals surface area contributed by atoms with Crippen molar-refractivity contribution in [2.45, 2.75) is 37.1 Å². The van der Waals surface area contributed by atoms with E-state index in [0.29, 0.717) is 6.54 Å². The maximum atomic E-state index is 11.7. The van der Waals surface area contributed by atoms with E-state index < -0.39 is 0 Å². The number of nitrogens with zero attached hydrogens (tertiary/aromatic N) is 1. The predicted molar refractivity (Wildman–Crippen MR) is 93.9 cm³/mol. The Bertz CT molecular complexity index is 502. The standard InChI is InChI=1S/C16H24ClN3O.ClH/c1-19-15(21)20(2)14-6-8-16(11-18,9-7-14)12-4-3-5-13(17)10-12;/h3-5,10,14H,6-9,11,18H2,1-2H3,(H,19,21);1H. The second-order valence-electron chi connectivity index (χ2n) is 5.89. The van der Waals surface area contributed by atoms with Gasteiger partial charge in [-0.2, -0.15) is 0 Å². The first-order chi connectivity index (χ1) is 10.0. The van der Waals surface area contributed by atoms with E-state index in [2.05, 4.69) is 11.4 Å². The minimum Gasteiger partial charge on any atom is -0.341 e. The molecule has 124 valence electrons. The summed E-state index contributed by atoms with van der Waals surface area (Å²) in [6, 6.07) is 8.27. The van der Waals surface area contributed by atoms with Crippen molar-refractivity contribution in [2.75, 3.05) is 20.6 Å². The fraction of sp³-hybridized carbons (Fsp3) is 0.562. The molecule has 2 rings (SSSR count). The van der Waals surface area contributed by atoms with Crippen LogP contribution < -0.4 is 11.1 Å². The zero-order valence-corrected chi connectivity index (χ0v) is 14.7. The molecule has 0 heterocycles. The van der Waals surface area contributed by atoms with E-state index in [-0.39, 0.29) is 29.9 Å². The van der Waals surface area contributed by atoms with Crippen LogP contribution in [-0.4, -0.2) is 37.6 Å². The fourth-order valence-electron chi connectivity index (χ4n) is 3.31. The SMILES string of the molecule is CNC(=O)N(C)C1CCC(CN)(c2cccc(Cl)c2)CC1.Cl. The lowest BCUT2D eigenvalue weighted by Crippen LogP contribution is -2.48. The normalized spacial score (nSPS) is 24.3. The first-order valence-corrected chi connectivity index (χ1v) is 7.81. The van der Waals surface area contributed by atoms with Gasteiger partial charge in [-0.3, -0.25) is 0 Å². The van der Waals surface area contributed by atoms with E-state index >= 15 is 0 Å². The van der Waals surface area contributed by atoms with Gasteiger partial charge in [0.15, 0.2) is 0 Å². The lowest BCUT2D eigenvalue weighted by Gasteiger charge is -2.42. The van der Waals surface area contributed by atoms with Gasteiger partial charge in [-0.1, -0.05) is 23.7 Å². The van der Waals surface area contributed by atoms with Gasteiger partial charge < -0.3 is 16.0 Å². The highest BCUT2D eigenvalue weighted by Crippen LogP contribution is 2.40. The van der Waals surface area contributed by atoms with Crippen LogP contribution in [0.4, 0.5) is 4.79 Å². The Morgan fingerprint density at radius 3 is 2.59 bits per heavy atom. The van der Waals surface area contributed by atoms with Crippen LogP contribution >= 0.6 is 24.0 Å². The summed E-state index contributed by atoms with van der Waals surface area (Å²) in [7, 11) is 3.52. The van der Waals surface area contributed by atoms with E-state index in [4.69, 9.17) is 17.3 Å². The molecule has 0 spiro atoms. The third kappa shape index (κ3) is 3.86. The van der Waals surface area contributed by atoms with Gasteiger partial charge in [-0.05, 0) is 43.4 Å². The number of urea groups is 1. The highest BCUT2D eigenvalue weighted by atomic mass is 35.5. The van der Waals surface area contributed by atoms with Crippen LogP contribution in [0.15, 0.2) is 24.3 Å². The summed E-state index contributed by atoms with van der Waals surface area (Å²) in [5.74, 6) is 0. The van der Waals surface area contributed by atoms with Crippen LogP contribution in [0, 0.1) is 0 Å². The number of halogens is 2. The molecule has 1 aromatic rings. The third-order valence-electron chi connectivity index (χ3n) is 4.82. The van der Waals surface area contributed by atoms with Crippen LogP contribution in [0.25, 0.3) is 0 Å². The van der Waals surface area contributed by atoms with Gasteiger partial charge in [0.1, 0.15) is 0 Å². The number of benzene rings is 1. The zero-order chi connectivity index (χ0) is 15.5. The molecular formula is C16H25Cl2N3O. The second kappa shape index (κ2) is 8.04. The summed E-state index contributed by atoms with van der Waals surface area (Å²) in [4.78, 5) is 13.5. The second-order valence-corrected chi connectivity index (χ2v) is 6.33. The van der Waals surface area contributed by atoms with Crippen LogP contribution in [0.5, 0.6) is 0 Å². The van der Waals surface area contributed by atoms with Crippen molar-refractivity contribution in [1.82, 2.24) is 10.2 Å². The molecule has 0 aliphatic heterocycles. The summed E-state index contributed by atoms with van der Waals surface area (Å²) in [6.45, 7) is 0.615. The van der Waals surface area contributed by atoms with Crippen molar-refractivity contribution in [1.29, 1.82) is 0 Å². The molecule has 0 radical (unpaired) electrons. The van der Waals surface area contributed by atoms with Gasteiger partial charge in [-0.25, -0.2) is 4.79 Å². The highest BCUT2D eigenvalue weighted by Gasteiger charge is 2.37. The molecule has 1 aliphatic rings. The average Bonchev–Trinajstić information content (AvgIpc) is 2.53. The van der Waals surface area contributed by atoms with Gasteiger partial charge >= 0.3 is 6.03 Å². The molecule has 0 saturated heterocycles. The van der Waals surface area contributed by atoms with Crippen LogP contribution in [0.2, 0.25) is 5.02 Å².